The molecule has 4 heterocycles. The van der Waals surface area contributed by atoms with Gasteiger partial charge in [-0.1, -0.05) is 6.92 Å². The number of ether oxygens (including phenoxy) is 1. The van der Waals surface area contributed by atoms with Gasteiger partial charge in [-0.15, -0.1) is 5.10 Å². The Hall–Kier alpha value is -3.62. The van der Waals surface area contributed by atoms with E-state index in [1.165, 1.54) is 40.7 Å². The van der Waals surface area contributed by atoms with E-state index in [2.05, 4.69) is 21.8 Å². The van der Waals surface area contributed by atoms with Crippen LogP contribution in [0, 0.1) is 18.8 Å². The first-order valence-corrected chi connectivity index (χ1v) is 14.7. The van der Waals surface area contributed by atoms with E-state index < -0.39 is 34.1 Å². The Labute approximate surface area is 235 Å². The molecule has 11 nitrogen and oxygen atoms in total. The van der Waals surface area contributed by atoms with Crippen molar-refractivity contribution in [2.24, 2.45) is 18.9 Å². The van der Waals surface area contributed by atoms with Gasteiger partial charge in [-0.2, -0.15) is 18.3 Å². The molecule has 3 aromatic rings. The van der Waals surface area contributed by atoms with E-state index >= 15 is 0 Å². The number of anilines is 1. The third-order valence-corrected chi connectivity index (χ3v) is 9.00. The van der Waals surface area contributed by atoms with Gasteiger partial charge in [0.15, 0.2) is 5.82 Å². The van der Waals surface area contributed by atoms with Gasteiger partial charge in [0, 0.05) is 37.6 Å². The minimum Gasteiger partial charge on any atom is -0.473 e. The van der Waals surface area contributed by atoms with Gasteiger partial charge >= 0.3 is 6.18 Å². The molecule has 2 fully saturated rings. The summed E-state index contributed by atoms with van der Waals surface area (Å²) in [5, 5.41) is 8.37. The standard InChI is InChI=1S/C26H32F3N7O4S/c1-15-12-25(3,4)35(13-15)23-19(24(37)33-41(38,39)20-14-34(5)31-16(20)2)6-7-21(30-23)36-9-8-22(32-36)40-18-10-17(11-18)26(27,28)29/h6-9,14-15,17-18H,10-13H2,1-5H3,(H,33,37)/t15-,17?,18?/m0/s1. The second-order valence-electron chi connectivity index (χ2n) is 11.5. The van der Waals surface area contributed by atoms with Gasteiger partial charge in [0.1, 0.15) is 16.8 Å². The van der Waals surface area contributed by atoms with Gasteiger partial charge in [0.25, 0.3) is 15.9 Å². The number of hydrogen-bond donors (Lipinski definition) is 1. The number of carbonyl (C=O) groups excluding carboxylic acids is 1. The Morgan fingerprint density at radius 2 is 1.88 bits per heavy atom. The first kappa shape index (κ1) is 28.9. The highest BCUT2D eigenvalue weighted by Gasteiger charge is 2.49. The molecule has 41 heavy (non-hydrogen) atoms. The minimum absolute atomic E-state index is 0.0670. The molecule has 15 heteroatoms. The molecule has 222 valence electrons. The summed E-state index contributed by atoms with van der Waals surface area (Å²) in [6.07, 6.45) is -1.33. The molecule has 0 bridgehead atoms. The maximum atomic E-state index is 13.4. The highest BCUT2D eigenvalue weighted by molar-refractivity contribution is 7.90. The number of amides is 1. The van der Waals surface area contributed by atoms with E-state index in [9.17, 15) is 26.4 Å². The number of rotatable bonds is 7. The Balaban J connectivity index is 1.43. The maximum absolute atomic E-state index is 13.4. The Kier molecular flexibility index (Phi) is 7.07. The predicted molar refractivity (Wildman–Crippen MR) is 142 cm³/mol. The van der Waals surface area contributed by atoms with E-state index in [1.807, 2.05) is 18.7 Å². The second kappa shape index (κ2) is 10.0. The zero-order valence-corrected chi connectivity index (χ0v) is 24.1. The van der Waals surface area contributed by atoms with Crippen LogP contribution >= 0.6 is 0 Å². The highest BCUT2D eigenvalue weighted by Crippen LogP contribution is 2.42. The number of nitrogens with one attached hydrogen (secondary N) is 1. The molecule has 0 spiro atoms. The predicted octanol–water partition coefficient (Wildman–Crippen LogP) is 3.77. The first-order chi connectivity index (χ1) is 19.0. The quantitative estimate of drug-likeness (QED) is 0.438. The smallest absolute Gasteiger partial charge is 0.392 e. The zero-order chi connectivity index (χ0) is 29.9. The normalized spacial score (nSPS) is 22.4. The van der Waals surface area contributed by atoms with E-state index in [1.54, 1.807) is 13.2 Å². The lowest BCUT2D eigenvalue weighted by Gasteiger charge is -2.35. The summed E-state index contributed by atoms with van der Waals surface area (Å²) in [6, 6.07) is 4.54. The van der Waals surface area contributed by atoms with Gasteiger partial charge in [-0.25, -0.2) is 22.8 Å². The third kappa shape index (κ3) is 5.76. The van der Waals surface area contributed by atoms with Crippen LogP contribution in [-0.2, 0) is 17.1 Å². The fraction of sp³-hybridized carbons (Fsp3) is 0.538. The van der Waals surface area contributed by atoms with E-state index in [0.29, 0.717) is 18.3 Å². The first-order valence-electron chi connectivity index (χ1n) is 13.2. The molecular formula is C26H32F3N7O4S. The Morgan fingerprint density at radius 1 is 1.17 bits per heavy atom. The summed E-state index contributed by atoms with van der Waals surface area (Å²) in [5.41, 5.74) is -0.0582. The molecule has 1 saturated heterocycles. The monoisotopic (exact) mass is 595 g/mol. The van der Waals surface area contributed by atoms with Crippen LogP contribution in [-0.4, -0.2) is 63.2 Å². The van der Waals surface area contributed by atoms with Gasteiger partial charge in [0.2, 0.25) is 5.88 Å². The van der Waals surface area contributed by atoms with Crippen LogP contribution in [0.1, 0.15) is 56.1 Å². The van der Waals surface area contributed by atoms with Crippen LogP contribution in [0.15, 0.2) is 35.5 Å². The molecular weight excluding hydrogens is 563 g/mol. The average Bonchev–Trinajstić information content (AvgIpc) is 3.50. The van der Waals surface area contributed by atoms with Crippen molar-refractivity contribution in [1.29, 1.82) is 0 Å². The number of aromatic nitrogens is 5. The maximum Gasteiger partial charge on any atom is 0.392 e. The van der Waals surface area contributed by atoms with Gasteiger partial charge in [-0.3, -0.25) is 9.48 Å². The molecule has 1 atom stereocenters. The highest BCUT2D eigenvalue weighted by atomic mass is 32.2. The Bertz CT molecular complexity index is 1580. The van der Waals surface area contributed by atoms with Crippen molar-refractivity contribution in [2.75, 3.05) is 11.4 Å². The number of pyridine rings is 1. The fourth-order valence-electron chi connectivity index (χ4n) is 5.58. The molecule has 3 aromatic heterocycles. The third-order valence-electron chi connectivity index (χ3n) is 7.56. The summed E-state index contributed by atoms with van der Waals surface area (Å²) in [6.45, 7) is 8.26. The number of sulfonamides is 1. The van der Waals surface area contributed by atoms with Crippen molar-refractivity contribution < 1.29 is 31.1 Å². The van der Waals surface area contributed by atoms with E-state index in [0.717, 1.165) is 6.42 Å². The lowest BCUT2D eigenvalue weighted by Crippen LogP contribution is -2.42. The summed E-state index contributed by atoms with van der Waals surface area (Å²) in [7, 11) is -2.63. The van der Waals surface area contributed by atoms with Crippen molar-refractivity contribution in [2.45, 2.75) is 69.7 Å². The van der Waals surface area contributed by atoms with Crippen molar-refractivity contribution >= 4 is 21.7 Å². The van der Waals surface area contributed by atoms with Crippen LogP contribution in [0.4, 0.5) is 19.0 Å². The Morgan fingerprint density at radius 3 is 2.46 bits per heavy atom. The molecule has 1 aliphatic heterocycles. The zero-order valence-electron chi connectivity index (χ0n) is 23.3. The number of alkyl halides is 3. The van der Waals surface area contributed by atoms with Gasteiger partial charge in [0.05, 0.1) is 17.2 Å². The molecule has 5 rings (SSSR count). The van der Waals surface area contributed by atoms with Gasteiger partial charge < -0.3 is 9.64 Å². The summed E-state index contributed by atoms with van der Waals surface area (Å²) in [4.78, 5) is 20.0. The second-order valence-corrected chi connectivity index (χ2v) is 13.2. The van der Waals surface area contributed by atoms with Crippen LogP contribution in [0.5, 0.6) is 5.88 Å². The molecule has 1 aliphatic carbocycles. The average molecular weight is 596 g/mol. The van der Waals surface area contributed by atoms with Crippen LogP contribution in [0.2, 0.25) is 0 Å². The fourth-order valence-corrected chi connectivity index (χ4v) is 6.76. The molecule has 0 unspecified atom stereocenters. The molecule has 0 aromatic carbocycles. The summed E-state index contributed by atoms with van der Waals surface area (Å²) < 4.78 is 75.0. The van der Waals surface area contributed by atoms with Crippen molar-refractivity contribution in [3.63, 3.8) is 0 Å². The van der Waals surface area contributed by atoms with Crippen molar-refractivity contribution in [3.05, 3.63) is 41.9 Å². The number of hydrogen-bond acceptors (Lipinski definition) is 8. The lowest BCUT2D eigenvalue weighted by atomic mass is 9.82. The SMILES string of the molecule is Cc1nn(C)cc1S(=O)(=O)NC(=O)c1ccc(-n2ccc(OC3CC(C(F)(F)F)C3)n2)nc1N1C[C@@H](C)CC1(C)C. The van der Waals surface area contributed by atoms with Crippen LogP contribution in [0.25, 0.3) is 5.82 Å². The van der Waals surface area contributed by atoms with Crippen LogP contribution < -0.4 is 14.4 Å². The number of carbonyl (C=O) groups is 1. The summed E-state index contributed by atoms with van der Waals surface area (Å²) in [5.74, 6) is -1.14. The summed E-state index contributed by atoms with van der Waals surface area (Å²) >= 11 is 0. The molecule has 1 N–H and O–H groups in total. The number of nitrogens with zero attached hydrogens (tertiary/aromatic N) is 6. The van der Waals surface area contributed by atoms with Crippen molar-refractivity contribution in [3.8, 4) is 11.7 Å². The van der Waals surface area contributed by atoms with E-state index in [4.69, 9.17) is 9.72 Å². The number of aryl methyl sites for hydroxylation is 2. The molecule has 0 radical (unpaired) electrons. The minimum atomic E-state index is -4.23. The van der Waals surface area contributed by atoms with Crippen LogP contribution in [0.3, 0.4) is 0 Å². The molecule has 1 saturated carbocycles. The van der Waals surface area contributed by atoms with Crippen molar-refractivity contribution in [1.82, 2.24) is 29.3 Å². The van der Waals surface area contributed by atoms with Gasteiger partial charge in [-0.05, 0) is 58.1 Å². The number of halogens is 3. The topological polar surface area (TPSA) is 124 Å². The lowest BCUT2D eigenvalue weighted by molar-refractivity contribution is -0.210. The molecule has 2 aliphatic rings. The molecule has 1 amide bonds. The van der Waals surface area contributed by atoms with E-state index in [-0.39, 0.29) is 46.2 Å². The largest absolute Gasteiger partial charge is 0.473 e.